The van der Waals surface area contributed by atoms with Crippen LogP contribution in [0.1, 0.15) is 12.5 Å². The van der Waals surface area contributed by atoms with E-state index in [4.69, 9.17) is 6.57 Å². The number of nitrogens with one attached hydrogen (secondary N) is 1. The summed E-state index contributed by atoms with van der Waals surface area (Å²) in [6, 6.07) is 15.4. The standard InChI is InChI=1S/C15H13N3O2/c1-15(16-2,17-13-6-4-3-5-7-13)12-8-10-14(11-9-12)18(19)20/h3-11,17H,1H3. The van der Waals surface area contributed by atoms with Gasteiger partial charge in [-0.3, -0.25) is 15.0 Å². The quantitative estimate of drug-likeness (QED) is 0.520. The zero-order valence-electron chi connectivity index (χ0n) is 10.9. The van der Waals surface area contributed by atoms with Gasteiger partial charge in [0.25, 0.3) is 5.69 Å². The number of benzene rings is 2. The second-order valence-electron chi connectivity index (χ2n) is 4.48. The fourth-order valence-electron chi connectivity index (χ4n) is 1.87. The smallest absolute Gasteiger partial charge is 0.311 e. The highest BCUT2D eigenvalue weighted by Gasteiger charge is 2.32. The molecule has 20 heavy (non-hydrogen) atoms. The number of nitro benzene ring substituents is 1. The van der Waals surface area contributed by atoms with Crippen molar-refractivity contribution >= 4 is 11.4 Å². The number of anilines is 1. The average Bonchev–Trinajstić information content (AvgIpc) is 2.48. The van der Waals surface area contributed by atoms with Gasteiger partial charge in [0.15, 0.2) is 0 Å². The summed E-state index contributed by atoms with van der Waals surface area (Å²) < 4.78 is 0. The molecule has 1 N–H and O–H groups in total. The molecule has 5 heteroatoms. The van der Waals surface area contributed by atoms with Crippen LogP contribution in [-0.4, -0.2) is 4.92 Å². The van der Waals surface area contributed by atoms with E-state index in [2.05, 4.69) is 10.2 Å². The second-order valence-corrected chi connectivity index (χ2v) is 4.48. The van der Waals surface area contributed by atoms with Crippen LogP contribution >= 0.6 is 0 Å². The number of hydrogen-bond donors (Lipinski definition) is 1. The van der Waals surface area contributed by atoms with Crippen molar-refractivity contribution in [2.45, 2.75) is 12.6 Å². The number of para-hydroxylation sites is 1. The molecule has 2 rings (SSSR count). The molecule has 0 aliphatic carbocycles. The molecule has 0 amide bonds. The molecule has 2 aromatic carbocycles. The highest BCUT2D eigenvalue weighted by atomic mass is 16.6. The Labute approximate surface area is 116 Å². The van der Waals surface area contributed by atoms with Crippen molar-refractivity contribution in [3.8, 4) is 0 Å². The van der Waals surface area contributed by atoms with E-state index < -0.39 is 10.6 Å². The van der Waals surface area contributed by atoms with Crippen LogP contribution in [0.25, 0.3) is 4.85 Å². The Bertz CT molecular complexity index is 647. The summed E-state index contributed by atoms with van der Waals surface area (Å²) in [5, 5.41) is 13.8. The van der Waals surface area contributed by atoms with Gasteiger partial charge in [-0.25, -0.2) is 6.57 Å². The van der Waals surface area contributed by atoms with Crippen molar-refractivity contribution in [3.05, 3.63) is 81.7 Å². The summed E-state index contributed by atoms with van der Waals surface area (Å²) in [5.74, 6) is 0. The maximum absolute atomic E-state index is 10.7. The van der Waals surface area contributed by atoms with Crippen LogP contribution in [0, 0.1) is 16.7 Å². The van der Waals surface area contributed by atoms with Crippen molar-refractivity contribution in [1.82, 2.24) is 0 Å². The van der Waals surface area contributed by atoms with Gasteiger partial charge in [0.05, 0.1) is 10.5 Å². The van der Waals surface area contributed by atoms with Crippen LogP contribution in [0.15, 0.2) is 54.6 Å². The third kappa shape index (κ3) is 2.75. The van der Waals surface area contributed by atoms with Gasteiger partial charge >= 0.3 is 5.66 Å². The van der Waals surface area contributed by atoms with Crippen LogP contribution in [-0.2, 0) is 5.66 Å². The van der Waals surface area contributed by atoms with Crippen LogP contribution in [0.2, 0.25) is 0 Å². The number of non-ortho nitro benzene ring substituents is 1. The van der Waals surface area contributed by atoms with Gasteiger partial charge in [-0.2, -0.15) is 0 Å². The minimum atomic E-state index is -0.962. The molecule has 0 spiro atoms. The van der Waals surface area contributed by atoms with Gasteiger partial charge in [0.1, 0.15) is 0 Å². The molecule has 100 valence electrons. The zero-order valence-corrected chi connectivity index (χ0v) is 10.9. The van der Waals surface area contributed by atoms with Crippen molar-refractivity contribution in [2.24, 2.45) is 0 Å². The first-order valence-electron chi connectivity index (χ1n) is 6.02. The molecule has 0 bridgehead atoms. The van der Waals surface area contributed by atoms with Crippen LogP contribution in [0.3, 0.4) is 0 Å². The molecule has 0 aliphatic rings. The predicted molar refractivity (Wildman–Crippen MR) is 77.1 cm³/mol. The molecular formula is C15H13N3O2. The topological polar surface area (TPSA) is 59.5 Å². The molecule has 0 radical (unpaired) electrons. The van der Waals surface area contributed by atoms with E-state index >= 15 is 0 Å². The fraction of sp³-hybridized carbons (Fsp3) is 0.133. The lowest BCUT2D eigenvalue weighted by Crippen LogP contribution is -2.27. The Morgan fingerprint density at radius 2 is 1.75 bits per heavy atom. The van der Waals surface area contributed by atoms with E-state index in [1.807, 2.05) is 30.3 Å². The van der Waals surface area contributed by atoms with Crippen LogP contribution < -0.4 is 5.32 Å². The first kappa shape index (κ1) is 13.6. The normalized spacial score (nSPS) is 13.0. The van der Waals surface area contributed by atoms with E-state index in [0.29, 0.717) is 5.56 Å². The molecule has 2 aromatic rings. The first-order chi connectivity index (χ1) is 9.55. The lowest BCUT2D eigenvalue weighted by molar-refractivity contribution is -0.384. The highest BCUT2D eigenvalue weighted by Crippen LogP contribution is 2.28. The van der Waals surface area contributed by atoms with Gasteiger partial charge < -0.3 is 5.32 Å². The van der Waals surface area contributed by atoms with Crippen LogP contribution in [0.4, 0.5) is 11.4 Å². The molecule has 0 fully saturated rings. The van der Waals surface area contributed by atoms with E-state index in [1.54, 1.807) is 19.1 Å². The molecule has 5 nitrogen and oxygen atoms in total. The Kier molecular flexibility index (Phi) is 3.67. The molecule has 0 aliphatic heterocycles. The van der Waals surface area contributed by atoms with E-state index in [9.17, 15) is 10.1 Å². The predicted octanol–water partition coefficient (Wildman–Crippen LogP) is 3.80. The summed E-state index contributed by atoms with van der Waals surface area (Å²) in [7, 11) is 0. The highest BCUT2D eigenvalue weighted by molar-refractivity contribution is 5.49. The van der Waals surface area contributed by atoms with Gasteiger partial charge in [0.2, 0.25) is 0 Å². The molecule has 1 atom stereocenters. The van der Waals surface area contributed by atoms with Crippen molar-refractivity contribution < 1.29 is 4.92 Å². The molecule has 1 unspecified atom stereocenters. The van der Waals surface area contributed by atoms with Crippen molar-refractivity contribution in [2.75, 3.05) is 5.32 Å². The summed E-state index contributed by atoms with van der Waals surface area (Å²) >= 11 is 0. The minimum absolute atomic E-state index is 0.0146. The molecule has 0 saturated heterocycles. The summed E-state index contributed by atoms with van der Waals surface area (Å²) in [5.41, 5.74) is 0.559. The van der Waals surface area contributed by atoms with E-state index in [-0.39, 0.29) is 5.69 Å². The SMILES string of the molecule is [C-]#[N+]C(C)(Nc1ccccc1)c1ccc([N+](=O)[O-])cc1. The lowest BCUT2D eigenvalue weighted by Gasteiger charge is -2.20. The maximum Gasteiger partial charge on any atom is 0.328 e. The third-order valence-corrected chi connectivity index (χ3v) is 3.03. The Morgan fingerprint density at radius 1 is 1.15 bits per heavy atom. The van der Waals surface area contributed by atoms with Crippen molar-refractivity contribution in [3.63, 3.8) is 0 Å². The van der Waals surface area contributed by atoms with Gasteiger partial charge in [-0.15, -0.1) is 0 Å². The minimum Gasteiger partial charge on any atom is -0.311 e. The lowest BCUT2D eigenvalue weighted by atomic mass is 10.0. The Hall–Kier alpha value is -2.87. The summed E-state index contributed by atoms with van der Waals surface area (Å²) in [4.78, 5) is 13.8. The zero-order chi connectivity index (χ0) is 14.6. The molecule has 0 heterocycles. The monoisotopic (exact) mass is 267 g/mol. The van der Waals surface area contributed by atoms with E-state index in [1.165, 1.54) is 12.1 Å². The van der Waals surface area contributed by atoms with Crippen molar-refractivity contribution in [1.29, 1.82) is 0 Å². The van der Waals surface area contributed by atoms with Crippen LogP contribution in [0.5, 0.6) is 0 Å². The second kappa shape index (κ2) is 5.41. The average molecular weight is 267 g/mol. The molecule has 0 saturated carbocycles. The fourth-order valence-corrected chi connectivity index (χ4v) is 1.87. The summed E-state index contributed by atoms with van der Waals surface area (Å²) in [6.07, 6.45) is 0. The molecule has 0 aromatic heterocycles. The van der Waals surface area contributed by atoms with Gasteiger partial charge in [-0.05, 0) is 24.3 Å². The maximum atomic E-state index is 10.7. The Morgan fingerprint density at radius 3 is 2.25 bits per heavy atom. The summed E-state index contributed by atoms with van der Waals surface area (Å²) in [6.45, 7) is 9.15. The largest absolute Gasteiger partial charge is 0.328 e. The molecular weight excluding hydrogens is 254 g/mol. The number of rotatable bonds is 4. The number of nitrogens with zero attached hydrogens (tertiary/aromatic N) is 2. The number of nitro groups is 1. The first-order valence-corrected chi connectivity index (χ1v) is 6.02. The van der Waals surface area contributed by atoms with Gasteiger partial charge in [0, 0.05) is 24.7 Å². The number of hydrogen-bond acceptors (Lipinski definition) is 3. The van der Waals surface area contributed by atoms with E-state index in [0.717, 1.165) is 5.69 Å². The van der Waals surface area contributed by atoms with Gasteiger partial charge in [-0.1, -0.05) is 18.2 Å². The third-order valence-electron chi connectivity index (χ3n) is 3.03. The Balaban J connectivity index is 2.31.